The number of nitrogens with one attached hydrogen (secondary N) is 1. The van der Waals surface area contributed by atoms with Crippen LogP contribution in [-0.2, 0) is 0 Å². The number of rotatable bonds is 5. The minimum atomic E-state index is -0.484. The van der Waals surface area contributed by atoms with Gasteiger partial charge in [-0.25, -0.2) is 14.1 Å². The van der Waals surface area contributed by atoms with Crippen molar-refractivity contribution < 1.29 is 9.13 Å². The second-order valence-corrected chi connectivity index (χ2v) is 9.14. The van der Waals surface area contributed by atoms with Crippen molar-refractivity contribution in [2.45, 2.75) is 39.3 Å². The van der Waals surface area contributed by atoms with E-state index in [1.165, 1.54) is 12.3 Å². The zero-order valence-corrected chi connectivity index (χ0v) is 19.3. The normalized spacial score (nSPS) is 12.7. The Labute approximate surface area is 188 Å². The van der Waals surface area contributed by atoms with Crippen LogP contribution in [0.15, 0.2) is 59.5 Å². The van der Waals surface area contributed by atoms with Crippen molar-refractivity contribution in [2.75, 3.05) is 5.32 Å². The predicted octanol–water partition coefficient (Wildman–Crippen LogP) is 6.07. The van der Waals surface area contributed by atoms with E-state index in [1.54, 1.807) is 23.1 Å². The summed E-state index contributed by atoms with van der Waals surface area (Å²) in [6.07, 6.45) is 4.08. The molecule has 1 aromatic carbocycles. The van der Waals surface area contributed by atoms with E-state index < -0.39 is 11.9 Å². The molecule has 0 fully saturated rings. The van der Waals surface area contributed by atoms with Gasteiger partial charge in [0.1, 0.15) is 17.6 Å². The number of benzene rings is 1. The van der Waals surface area contributed by atoms with Crippen LogP contribution in [0.2, 0.25) is 0 Å². The minimum Gasteiger partial charge on any atom is -0.480 e. The van der Waals surface area contributed by atoms with Gasteiger partial charge in [0.05, 0.1) is 17.4 Å². The second kappa shape index (κ2) is 8.26. The summed E-state index contributed by atoms with van der Waals surface area (Å²) in [4.78, 5) is 9.09. The number of anilines is 1. The molecule has 0 radical (unpaired) electrons. The van der Waals surface area contributed by atoms with Crippen LogP contribution < -0.4 is 10.1 Å². The maximum atomic E-state index is 13.9. The monoisotopic (exact) mass is 483 g/mol. The number of pyridine rings is 2. The van der Waals surface area contributed by atoms with Gasteiger partial charge in [-0.3, -0.25) is 4.98 Å². The Morgan fingerprint density at radius 3 is 2.71 bits per heavy atom. The van der Waals surface area contributed by atoms with Crippen LogP contribution in [0.5, 0.6) is 5.75 Å². The molecular formula is C23H23BrFN5O. The summed E-state index contributed by atoms with van der Waals surface area (Å²) >= 11 is 3.59. The van der Waals surface area contributed by atoms with Gasteiger partial charge in [0, 0.05) is 33.9 Å². The highest BCUT2D eigenvalue weighted by Gasteiger charge is 2.21. The molecule has 0 spiro atoms. The molecule has 3 aromatic heterocycles. The maximum Gasteiger partial charge on any atom is 0.169 e. The Bertz CT molecular complexity index is 1220. The highest BCUT2D eigenvalue weighted by molar-refractivity contribution is 9.10. The Hall–Kier alpha value is -3.00. The molecule has 0 saturated carbocycles. The fraction of sp³-hybridized carbons (Fsp3) is 0.261. The molecule has 1 unspecified atom stereocenters. The topological polar surface area (TPSA) is 64.9 Å². The lowest BCUT2D eigenvalue weighted by Gasteiger charge is -2.25. The Morgan fingerprint density at radius 2 is 2.00 bits per heavy atom. The average Bonchev–Trinajstić information content (AvgIpc) is 3.22. The number of hydrogen-bond donors (Lipinski definition) is 1. The first kappa shape index (κ1) is 21.2. The van der Waals surface area contributed by atoms with Crippen molar-refractivity contribution in [1.82, 2.24) is 19.7 Å². The fourth-order valence-electron chi connectivity index (χ4n) is 3.27. The Morgan fingerprint density at radius 1 is 1.19 bits per heavy atom. The van der Waals surface area contributed by atoms with E-state index in [-0.39, 0.29) is 5.54 Å². The number of nitrogens with zero attached hydrogens (tertiary/aromatic N) is 4. The van der Waals surface area contributed by atoms with E-state index in [9.17, 15) is 4.39 Å². The molecule has 4 aromatic rings. The number of halogens is 2. The molecule has 0 aliphatic heterocycles. The van der Waals surface area contributed by atoms with Gasteiger partial charge in [0.15, 0.2) is 11.6 Å². The number of ether oxygens (including phenoxy) is 1. The Balaban J connectivity index is 1.78. The lowest BCUT2D eigenvalue weighted by molar-refractivity contribution is 0.221. The number of aromatic nitrogens is 4. The van der Waals surface area contributed by atoms with Gasteiger partial charge in [-0.05, 0) is 52.0 Å². The smallest absolute Gasteiger partial charge is 0.169 e. The highest BCUT2D eigenvalue weighted by Crippen LogP contribution is 2.35. The summed E-state index contributed by atoms with van der Waals surface area (Å²) in [5.41, 5.74) is 1.72. The molecule has 6 nitrogen and oxygen atoms in total. The van der Waals surface area contributed by atoms with Crippen LogP contribution in [0, 0.1) is 5.82 Å². The van der Waals surface area contributed by atoms with E-state index in [4.69, 9.17) is 9.72 Å². The number of fused-ring (bicyclic) bond motifs is 1. The van der Waals surface area contributed by atoms with Crippen molar-refractivity contribution >= 4 is 32.7 Å². The van der Waals surface area contributed by atoms with E-state index >= 15 is 0 Å². The summed E-state index contributed by atoms with van der Waals surface area (Å²) < 4.78 is 22.8. The third kappa shape index (κ3) is 4.69. The van der Waals surface area contributed by atoms with Gasteiger partial charge in [-0.1, -0.05) is 22.0 Å². The van der Waals surface area contributed by atoms with Gasteiger partial charge < -0.3 is 10.1 Å². The summed E-state index contributed by atoms with van der Waals surface area (Å²) in [6, 6.07) is 11.0. The summed E-state index contributed by atoms with van der Waals surface area (Å²) in [5, 5.41) is 8.57. The van der Waals surface area contributed by atoms with E-state index in [1.807, 2.05) is 31.2 Å². The molecule has 4 rings (SSSR count). The summed E-state index contributed by atoms with van der Waals surface area (Å²) in [7, 11) is 0. The van der Waals surface area contributed by atoms with Crippen molar-refractivity contribution in [2.24, 2.45) is 0 Å². The van der Waals surface area contributed by atoms with Crippen molar-refractivity contribution in [3.63, 3.8) is 0 Å². The zero-order valence-electron chi connectivity index (χ0n) is 17.7. The molecule has 0 saturated heterocycles. The van der Waals surface area contributed by atoms with Crippen LogP contribution >= 0.6 is 15.9 Å². The largest absolute Gasteiger partial charge is 0.480 e. The summed E-state index contributed by atoms with van der Waals surface area (Å²) in [6.45, 7) is 8.05. The third-order valence-electron chi connectivity index (χ3n) is 4.57. The molecule has 0 aliphatic rings. The zero-order chi connectivity index (χ0) is 22.2. The lowest BCUT2D eigenvalue weighted by atomic mass is 10.1. The van der Waals surface area contributed by atoms with Crippen LogP contribution in [-0.4, -0.2) is 25.3 Å². The van der Waals surface area contributed by atoms with Crippen LogP contribution in [0.1, 0.15) is 39.5 Å². The van der Waals surface area contributed by atoms with Crippen molar-refractivity contribution in [3.8, 4) is 11.4 Å². The first-order valence-corrected chi connectivity index (χ1v) is 10.7. The lowest BCUT2D eigenvalue weighted by Crippen LogP contribution is -2.27. The summed E-state index contributed by atoms with van der Waals surface area (Å²) in [5.74, 6) is 0.778. The molecule has 8 heteroatoms. The van der Waals surface area contributed by atoms with Crippen molar-refractivity contribution in [3.05, 3.63) is 71.0 Å². The first-order chi connectivity index (χ1) is 14.7. The van der Waals surface area contributed by atoms with Crippen LogP contribution in [0.3, 0.4) is 0 Å². The molecule has 31 heavy (non-hydrogen) atoms. The molecule has 1 N–H and O–H groups in total. The van der Waals surface area contributed by atoms with E-state index in [2.05, 4.69) is 52.1 Å². The van der Waals surface area contributed by atoms with Gasteiger partial charge in [0.25, 0.3) is 0 Å². The molecule has 0 amide bonds. The van der Waals surface area contributed by atoms with Gasteiger partial charge >= 0.3 is 0 Å². The predicted molar refractivity (Wildman–Crippen MR) is 123 cm³/mol. The second-order valence-electron chi connectivity index (χ2n) is 8.29. The SMILES string of the molecule is CC(Oc1cc2c(Br)cccc2nc1NC(C)(C)C)c1ncc(F)cc1-n1cccn1. The average molecular weight is 484 g/mol. The molecule has 0 bridgehead atoms. The van der Waals surface area contributed by atoms with Gasteiger partial charge in [-0.15, -0.1) is 0 Å². The third-order valence-corrected chi connectivity index (χ3v) is 5.26. The molecule has 1 atom stereocenters. The van der Waals surface area contributed by atoms with E-state index in [0.717, 1.165) is 15.4 Å². The standard InChI is InChI=1S/C23H23BrFN5O/c1-14(21-19(11-15(25)13-26-21)30-10-6-9-27-30)31-20-12-16-17(24)7-5-8-18(16)28-22(20)29-23(2,3)4/h5-14H,1-4H3,(H,28,29). The van der Waals surface area contributed by atoms with Gasteiger partial charge in [-0.2, -0.15) is 5.10 Å². The first-order valence-electron chi connectivity index (χ1n) is 9.91. The molecular weight excluding hydrogens is 461 g/mol. The van der Waals surface area contributed by atoms with Crippen LogP contribution in [0.4, 0.5) is 10.2 Å². The highest BCUT2D eigenvalue weighted by atomic mass is 79.9. The van der Waals surface area contributed by atoms with Crippen molar-refractivity contribution in [1.29, 1.82) is 0 Å². The van der Waals surface area contributed by atoms with E-state index in [0.29, 0.717) is 22.9 Å². The maximum absolute atomic E-state index is 13.9. The molecule has 0 aliphatic carbocycles. The fourth-order valence-corrected chi connectivity index (χ4v) is 3.74. The molecule has 3 heterocycles. The Kier molecular flexibility index (Phi) is 5.66. The number of hydrogen-bond acceptors (Lipinski definition) is 5. The van der Waals surface area contributed by atoms with Gasteiger partial charge in [0.2, 0.25) is 0 Å². The minimum absolute atomic E-state index is 0.220. The molecule has 160 valence electrons. The quantitative estimate of drug-likeness (QED) is 0.373. The van der Waals surface area contributed by atoms with Crippen LogP contribution in [0.25, 0.3) is 16.6 Å².